The predicted octanol–water partition coefficient (Wildman–Crippen LogP) is 6.08. The summed E-state index contributed by atoms with van der Waals surface area (Å²) in [6.45, 7) is 0.691. The lowest BCUT2D eigenvalue weighted by Crippen LogP contribution is -1.99. The number of hydrogen-bond donors (Lipinski definition) is 2. The van der Waals surface area contributed by atoms with Crippen LogP contribution in [0.4, 0.5) is 0 Å². The van der Waals surface area contributed by atoms with Gasteiger partial charge in [0.15, 0.2) is 0 Å². The normalized spacial score (nSPS) is 11.3. The Labute approximate surface area is 150 Å². The highest BCUT2D eigenvalue weighted by Crippen LogP contribution is 2.39. The molecule has 0 fully saturated rings. The fraction of sp³-hybridized carbons (Fsp3) is 0.222. The van der Waals surface area contributed by atoms with Gasteiger partial charge in [-0.1, -0.05) is 59.1 Å². The number of halogens is 3. The highest BCUT2D eigenvalue weighted by atomic mass is 35.5. The van der Waals surface area contributed by atoms with Crippen molar-refractivity contribution in [1.82, 2.24) is 4.98 Å². The Morgan fingerprint density at radius 3 is 2.43 bits per heavy atom. The molecule has 5 heteroatoms. The molecule has 0 saturated carbocycles. The molecule has 0 aliphatic carbocycles. The van der Waals surface area contributed by atoms with Crippen LogP contribution in [0.15, 0.2) is 36.4 Å². The van der Waals surface area contributed by atoms with Crippen LogP contribution in [0, 0.1) is 0 Å². The average Bonchev–Trinajstić information content (AvgIpc) is 2.91. The van der Waals surface area contributed by atoms with Gasteiger partial charge in [0.05, 0.1) is 26.3 Å². The molecular formula is C18H17Cl3N2. The van der Waals surface area contributed by atoms with E-state index in [1.54, 1.807) is 6.07 Å². The first-order valence-electron chi connectivity index (χ1n) is 7.57. The lowest BCUT2D eigenvalue weighted by molar-refractivity contribution is 0.748. The van der Waals surface area contributed by atoms with Crippen molar-refractivity contribution in [1.29, 1.82) is 0 Å². The van der Waals surface area contributed by atoms with Crippen LogP contribution >= 0.6 is 34.8 Å². The second kappa shape index (κ2) is 7.14. The average molecular weight is 368 g/mol. The summed E-state index contributed by atoms with van der Waals surface area (Å²) in [7, 11) is 0. The van der Waals surface area contributed by atoms with Crippen molar-refractivity contribution in [2.75, 3.05) is 6.54 Å². The number of fused-ring (bicyclic) bond motifs is 1. The number of H-pyrrole nitrogens is 1. The van der Waals surface area contributed by atoms with Gasteiger partial charge in [0.2, 0.25) is 0 Å². The molecule has 0 aliphatic rings. The molecule has 2 aromatic carbocycles. The molecule has 3 N–H and O–H groups in total. The second-order valence-corrected chi connectivity index (χ2v) is 6.68. The Balaban J connectivity index is 2.20. The molecule has 3 rings (SSSR count). The van der Waals surface area contributed by atoms with Crippen LogP contribution in [0.1, 0.15) is 18.4 Å². The van der Waals surface area contributed by atoms with Gasteiger partial charge in [0.25, 0.3) is 0 Å². The first kappa shape index (κ1) is 16.7. The number of aryl methyl sites for hydroxylation is 1. The maximum Gasteiger partial charge on any atom is 0.0685 e. The van der Waals surface area contributed by atoms with Gasteiger partial charge in [-0.25, -0.2) is 0 Å². The topological polar surface area (TPSA) is 41.8 Å². The number of benzene rings is 2. The van der Waals surface area contributed by atoms with Gasteiger partial charge in [-0.05, 0) is 43.5 Å². The summed E-state index contributed by atoms with van der Waals surface area (Å²) in [5.74, 6) is 0. The van der Waals surface area contributed by atoms with E-state index in [4.69, 9.17) is 40.5 Å². The van der Waals surface area contributed by atoms with Gasteiger partial charge >= 0.3 is 0 Å². The highest BCUT2D eigenvalue weighted by Gasteiger charge is 2.17. The van der Waals surface area contributed by atoms with Gasteiger partial charge in [0, 0.05) is 10.9 Å². The fourth-order valence-corrected chi connectivity index (χ4v) is 3.49. The number of nitrogens with two attached hydrogens (primary N) is 1. The lowest BCUT2D eigenvalue weighted by Gasteiger charge is -2.08. The van der Waals surface area contributed by atoms with Crippen LogP contribution in [0.5, 0.6) is 0 Å². The van der Waals surface area contributed by atoms with E-state index in [0.29, 0.717) is 21.6 Å². The maximum absolute atomic E-state index is 6.42. The fourth-order valence-electron chi connectivity index (χ4n) is 2.87. The van der Waals surface area contributed by atoms with Gasteiger partial charge < -0.3 is 10.7 Å². The number of unbranched alkanes of at least 4 members (excludes halogenated alkanes) is 1. The molecule has 3 aromatic rings. The monoisotopic (exact) mass is 366 g/mol. The summed E-state index contributed by atoms with van der Waals surface area (Å²) < 4.78 is 0. The third-order valence-electron chi connectivity index (χ3n) is 3.99. The van der Waals surface area contributed by atoms with Crippen LogP contribution in [-0.4, -0.2) is 11.5 Å². The molecule has 0 unspecified atom stereocenters. The third kappa shape index (κ3) is 3.22. The van der Waals surface area contributed by atoms with E-state index in [-0.39, 0.29) is 0 Å². The molecule has 0 aliphatic heterocycles. The first-order valence-corrected chi connectivity index (χ1v) is 8.70. The van der Waals surface area contributed by atoms with E-state index in [1.807, 2.05) is 24.3 Å². The highest BCUT2D eigenvalue weighted by molar-refractivity contribution is 6.43. The molecule has 1 heterocycles. The molecular weight excluding hydrogens is 351 g/mol. The van der Waals surface area contributed by atoms with Crippen LogP contribution in [0.2, 0.25) is 15.1 Å². The SMILES string of the molecule is NCCCCc1c(-c2cccc(Cl)c2Cl)[nH]c2c(Cl)cccc12. The van der Waals surface area contributed by atoms with Crippen LogP contribution < -0.4 is 5.73 Å². The summed E-state index contributed by atoms with van der Waals surface area (Å²) in [6.07, 6.45) is 2.91. The summed E-state index contributed by atoms with van der Waals surface area (Å²) in [5.41, 5.74) is 9.65. The van der Waals surface area contributed by atoms with Crippen LogP contribution in [-0.2, 0) is 6.42 Å². The molecule has 0 bridgehead atoms. The van der Waals surface area contributed by atoms with E-state index in [0.717, 1.165) is 41.4 Å². The third-order valence-corrected chi connectivity index (χ3v) is 5.13. The maximum atomic E-state index is 6.42. The lowest BCUT2D eigenvalue weighted by atomic mass is 10.0. The van der Waals surface area contributed by atoms with Crippen molar-refractivity contribution < 1.29 is 0 Å². The van der Waals surface area contributed by atoms with Crippen molar-refractivity contribution in [2.24, 2.45) is 5.73 Å². The minimum Gasteiger partial charge on any atom is -0.353 e. The Morgan fingerprint density at radius 1 is 0.913 bits per heavy atom. The smallest absolute Gasteiger partial charge is 0.0685 e. The first-order chi connectivity index (χ1) is 11.1. The summed E-state index contributed by atoms with van der Waals surface area (Å²) in [6, 6.07) is 11.6. The zero-order valence-corrected chi connectivity index (χ0v) is 14.8. The Bertz CT molecular complexity index is 840. The van der Waals surface area contributed by atoms with Crippen molar-refractivity contribution in [3.8, 4) is 11.3 Å². The largest absolute Gasteiger partial charge is 0.353 e. The summed E-state index contributed by atoms with van der Waals surface area (Å²) in [4.78, 5) is 3.44. The minimum absolute atomic E-state index is 0.543. The summed E-state index contributed by atoms with van der Waals surface area (Å²) >= 11 is 19.0. The zero-order chi connectivity index (χ0) is 16.4. The standard InChI is InChI=1S/C18H17Cl3N2/c19-14-8-4-7-13(16(14)21)17-11(5-1-2-10-22)12-6-3-9-15(20)18(12)23-17/h3-4,6-9,23H,1-2,5,10,22H2. The number of rotatable bonds is 5. The van der Waals surface area contributed by atoms with Crippen molar-refractivity contribution in [3.05, 3.63) is 57.0 Å². The Hall–Kier alpha value is -1.19. The van der Waals surface area contributed by atoms with Crippen LogP contribution in [0.25, 0.3) is 22.2 Å². The Morgan fingerprint density at radius 2 is 1.65 bits per heavy atom. The van der Waals surface area contributed by atoms with Gasteiger partial charge in [0.1, 0.15) is 0 Å². The Kier molecular flexibility index (Phi) is 5.17. The quantitative estimate of drug-likeness (QED) is 0.527. The number of hydrogen-bond acceptors (Lipinski definition) is 1. The molecule has 0 atom stereocenters. The minimum atomic E-state index is 0.543. The molecule has 1 aromatic heterocycles. The van der Waals surface area contributed by atoms with Crippen molar-refractivity contribution in [2.45, 2.75) is 19.3 Å². The van der Waals surface area contributed by atoms with E-state index in [9.17, 15) is 0 Å². The molecule has 0 saturated heterocycles. The van der Waals surface area contributed by atoms with Gasteiger partial charge in [-0.15, -0.1) is 0 Å². The predicted molar refractivity (Wildman–Crippen MR) is 101 cm³/mol. The number of para-hydroxylation sites is 1. The summed E-state index contributed by atoms with van der Waals surface area (Å²) in [5, 5.41) is 2.92. The van der Waals surface area contributed by atoms with E-state index >= 15 is 0 Å². The van der Waals surface area contributed by atoms with Crippen molar-refractivity contribution in [3.63, 3.8) is 0 Å². The zero-order valence-electron chi connectivity index (χ0n) is 12.5. The molecule has 120 valence electrons. The van der Waals surface area contributed by atoms with Crippen LogP contribution in [0.3, 0.4) is 0 Å². The molecule has 0 spiro atoms. The van der Waals surface area contributed by atoms with E-state index in [1.165, 1.54) is 5.56 Å². The van der Waals surface area contributed by atoms with E-state index in [2.05, 4.69) is 11.1 Å². The van der Waals surface area contributed by atoms with Gasteiger partial charge in [-0.3, -0.25) is 0 Å². The van der Waals surface area contributed by atoms with Crippen molar-refractivity contribution >= 4 is 45.7 Å². The van der Waals surface area contributed by atoms with E-state index < -0.39 is 0 Å². The number of aromatic nitrogens is 1. The molecule has 0 radical (unpaired) electrons. The second-order valence-electron chi connectivity index (χ2n) is 5.49. The number of nitrogens with one attached hydrogen (secondary N) is 1. The molecule has 0 amide bonds. The van der Waals surface area contributed by atoms with Gasteiger partial charge in [-0.2, -0.15) is 0 Å². The molecule has 23 heavy (non-hydrogen) atoms. The molecule has 2 nitrogen and oxygen atoms in total. The number of aromatic amines is 1.